The molecule has 0 saturated carbocycles. The lowest BCUT2D eigenvalue weighted by atomic mass is 10.1. The summed E-state index contributed by atoms with van der Waals surface area (Å²) in [7, 11) is 0. The number of benzene rings is 1. The van der Waals surface area contributed by atoms with Crippen LogP contribution in [-0.2, 0) is 11.3 Å². The summed E-state index contributed by atoms with van der Waals surface area (Å²) >= 11 is 5.77. The minimum atomic E-state index is -0.472. The second kappa shape index (κ2) is 8.93. The summed E-state index contributed by atoms with van der Waals surface area (Å²) in [6.45, 7) is 4.61. The van der Waals surface area contributed by atoms with Gasteiger partial charge in [0.25, 0.3) is 5.69 Å². The quantitative estimate of drug-likeness (QED) is 0.361. The van der Waals surface area contributed by atoms with E-state index >= 15 is 0 Å². The van der Waals surface area contributed by atoms with Crippen molar-refractivity contribution in [2.75, 3.05) is 0 Å². The van der Waals surface area contributed by atoms with Crippen LogP contribution in [0, 0.1) is 10.1 Å². The molecule has 0 aliphatic heterocycles. The Morgan fingerprint density at radius 2 is 2.10 bits per heavy atom. The largest absolute Gasteiger partial charge is 0.374 e. The Hall–Kier alpha value is -1.13. The average Bonchev–Trinajstić information content (AvgIpc) is 2.42. The van der Waals surface area contributed by atoms with Gasteiger partial charge in [0.2, 0.25) is 0 Å². The van der Waals surface area contributed by atoms with Crippen molar-refractivity contribution in [1.82, 2.24) is 0 Å². The van der Waals surface area contributed by atoms with Gasteiger partial charge in [-0.2, -0.15) is 0 Å². The van der Waals surface area contributed by atoms with Gasteiger partial charge >= 0.3 is 0 Å². The van der Waals surface area contributed by atoms with Crippen molar-refractivity contribution in [1.29, 1.82) is 0 Å². The third-order valence-electron chi connectivity index (χ3n) is 3.21. The third-order valence-corrected chi connectivity index (χ3v) is 3.53. The van der Waals surface area contributed by atoms with Crippen LogP contribution >= 0.6 is 11.6 Å². The molecule has 1 aromatic carbocycles. The van der Waals surface area contributed by atoms with Crippen LogP contribution in [-0.4, -0.2) is 11.0 Å². The summed E-state index contributed by atoms with van der Waals surface area (Å²) < 4.78 is 5.72. The first-order valence-corrected chi connectivity index (χ1v) is 7.46. The van der Waals surface area contributed by atoms with Crippen LogP contribution in [0.1, 0.15) is 51.5 Å². The van der Waals surface area contributed by atoms with Gasteiger partial charge in [0.1, 0.15) is 5.02 Å². The second-order valence-electron chi connectivity index (χ2n) is 5.01. The molecule has 0 bridgehead atoms. The molecule has 1 atom stereocenters. The Morgan fingerprint density at radius 3 is 2.75 bits per heavy atom. The van der Waals surface area contributed by atoms with Gasteiger partial charge in [-0.3, -0.25) is 10.1 Å². The smallest absolute Gasteiger partial charge is 0.288 e. The van der Waals surface area contributed by atoms with Gasteiger partial charge in [-0.15, -0.1) is 0 Å². The Labute approximate surface area is 125 Å². The molecule has 4 nitrogen and oxygen atoms in total. The van der Waals surface area contributed by atoms with Gasteiger partial charge in [0, 0.05) is 6.07 Å². The monoisotopic (exact) mass is 299 g/mol. The fraction of sp³-hybridized carbons (Fsp3) is 0.600. The van der Waals surface area contributed by atoms with Gasteiger partial charge in [0.05, 0.1) is 17.6 Å². The molecule has 0 aliphatic carbocycles. The number of ether oxygens (including phenoxy) is 1. The molecule has 0 aromatic heterocycles. The predicted octanol–water partition coefficient (Wildman–Crippen LogP) is 5.12. The van der Waals surface area contributed by atoms with Gasteiger partial charge in [-0.25, -0.2) is 0 Å². The predicted molar refractivity (Wildman–Crippen MR) is 81.1 cm³/mol. The number of unbranched alkanes of at least 4 members (excludes halogenated alkanes) is 3. The fourth-order valence-corrected chi connectivity index (χ4v) is 2.15. The number of rotatable bonds is 9. The van der Waals surface area contributed by atoms with Crippen molar-refractivity contribution in [3.8, 4) is 0 Å². The van der Waals surface area contributed by atoms with E-state index < -0.39 is 4.92 Å². The lowest BCUT2D eigenvalue weighted by molar-refractivity contribution is -0.384. The maximum atomic E-state index is 10.8. The molecule has 0 spiro atoms. The highest BCUT2D eigenvalue weighted by atomic mass is 35.5. The Morgan fingerprint density at radius 1 is 1.35 bits per heavy atom. The maximum absolute atomic E-state index is 10.8. The van der Waals surface area contributed by atoms with Crippen molar-refractivity contribution in [3.05, 3.63) is 38.9 Å². The van der Waals surface area contributed by atoms with Crippen molar-refractivity contribution in [2.45, 2.75) is 58.7 Å². The van der Waals surface area contributed by atoms with E-state index in [1.165, 1.54) is 25.3 Å². The Kier molecular flexibility index (Phi) is 7.55. The van der Waals surface area contributed by atoms with Gasteiger partial charge < -0.3 is 4.74 Å². The Balaban J connectivity index is 2.41. The fourth-order valence-electron chi connectivity index (χ4n) is 1.97. The highest BCUT2D eigenvalue weighted by Crippen LogP contribution is 2.25. The van der Waals surface area contributed by atoms with Crippen molar-refractivity contribution in [3.63, 3.8) is 0 Å². The van der Waals surface area contributed by atoms with E-state index in [0.717, 1.165) is 18.4 Å². The summed E-state index contributed by atoms with van der Waals surface area (Å²) in [5, 5.41) is 11.0. The first kappa shape index (κ1) is 16.9. The first-order chi connectivity index (χ1) is 9.54. The molecule has 1 aromatic rings. The van der Waals surface area contributed by atoms with Crippen LogP contribution in [0.15, 0.2) is 18.2 Å². The number of halogens is 1. The van der Waals surface area contributed by atoms with Crippen molar-refractivity contribution in [2.24, 2.45) is 0 Å². The minimum absolute atomic E-state index is 0.0663. The Bertz CT molecular complexity index is 437. The zero-order valence-electron chi connectivity index (χ0n) is 12.1. The molecule has 0 fully saturated rings. The highest BCUT2D eigenvalue weighted by molar-refractivity contribution is 6.32. The van der Waals surface area contributed by atoms with Gasteiger partial charge in [-0.1, -0.05) is 50.3 Å². The van der Waals surface area contributed by atoms with Crippen LogP contribution in [0.5, 0.6) is 0 Å². The van der Waals surface area contributed by atoms with E-state index in [2.05, 4.69) is 6.92 Å². The molecule has 0 saturated heterocycles. The molecule has 20 heavy (non-hydrogen) atoms. The normalized spacial score (nSPS) is 12.3. The van der Waals surface area contributed by atoms with Crippen LogP contribution in [0.25, 0.3) is 0 Å². The van der Waals surface area contributed by atoms with Crippen LogP contribution in [0.3, 0.4) is 0 Å². The molecular weight excluding hydrogens is 278 g/mol. The van der Waals surface area contributed by atoms with E-state index in [4.69, 9.17) is 16.3 Å². The topological polar surface area (TPSA) is 52.4 Å². The van der Waals surface area contributed by atoms with Gasteiger partial charge in [-0.05, 0) is 25.0 Å². The molecule has 0 N–H and O–H groups in total. The molecule has 5 heteroatoms. The standard InChI is InChI=1S/C15H22ClNO3/c1-3-4-5-6-7-12(2)20-11-13-8-9-14(16)15(10-13)17(18)19/h8-10,12H,3-7,11H2,1-2H3. The highest BCUT2D eigenvalue weighted by Gasteiger charge is 2.13. The number of nitrogens with zero attached hydrogens (tertiary/aromatic N) is 1. The summed E-state index contributed by atoms with van der Waals surface area (Å²) in [5.74, 6) is 0. The number of nitro benzene ring substituents is 1. The molecule has 0 radical (unpaired) electrons. The maximum Gasteiger partial charge on any atom is 0.288 e. The van der Waals surface area contributed by atoms with Crippen LogP contribution < -0.4 is 0 Å². The van der Waals surface area contributed by atoms with E-state index in [1.807, 2.05) is 6.92 Å². The second-order valence-corrected chi connectivity index (χ2v) is 5.42. The zero-order valence-corrected chi connectivity index (χ0v) is 12.9. The van der Waals surface area contributed by atoms with Crippen molar-refractivity contribution < 1.29 is 9.66 Å². The summed E-state index contributed by atoms with van der Waals surface area (Å²) in [4.78, 5) is 10.3. The SMILES string of the molecule is CCCCCCC(C)OCc1ccc(Cl)c([N+](=O)[O-])c1. The third kappa shape index (κ3) is 5.88. The minimum Gasteiger partial charge on any atom is -0.374 e. The molecule has 112 valence electrons. The molecular formula is C15H22ClNO3. The van der Waals surface area contributed by atoms with Crippen LogP contribution in [0.4, 0.5) is 5.69 Å². The lowest BCUT2D eigenvalue weighted by Gasteiger charge is -2.13. The number of hydrogen-bond donors (Lipinski definition) is 0. The van der Waals surface area contributed by atoms with Crippen molar-refractivity contribution >= 4 is 17.3 Å². The van der Waals surface area contributed by atoms with Crippen LogP contribution in [0.2, 0.25) is 5.02 Å². The lowest BCUT2D eigenvalue weighted by Crippen LogP contribution is -2.08. The first-order valence-electron chi connectivity index (χ1n) is 7.09. The summed E-state index contributed by atoms with van der Waals surface area (Å²) in [5.41, 5.74) is 0.713. The summed E-state index contributed by atoms with van der Waals surface area (Å²) in [6.07, 6.45) is 6.07. The van der Waals surface area contributed by atoms with E-state index in [-0.39, 0.29) is 16.8 Å². The zero-order chi connectivity index (χ0) is 15.0. The number of nitro groups is 1. The molecule has 0 aliphatic rings. The molecule has 1 rings (SSSR count). The van der Waals surface area contributed by atoms with E-state index in [0.29, 0.717) is 6.61 Å². The number of hydrogen-bond acceptors (Lipinski definition) is 3. The van der Waals surface area contributed by atoms with E-state index in [1.54, 1.807) is 12.1 Å². The molecule has 0 heterocycles. The molecule has 0 amide bonds. The van der Waals surface area contributed by atoms with Gasteiger partial charge in [0.15, 0.2) is 0 Å². The summed E-state index contributed by atoms with van der Waals surface area (Å²) in [6, 6.07) is 4.79. The van der Waals surface area contributed by atoms with E-state index in [9.17, 15) is 10.1 Å². The molecule has 1 unspecified atom stereocenters. The average molecular weight is 300 g/mol.